The molecule has 5 heteroatoms. The zero-order valence-corrected chi connectivity index (χ0v) is 9.53. The maximum absolute atomic E-state index is 5.41. The average Bonchev–Trinajstić information content (AvgIpc) is 2.98. The number of ether oxygens (including phenoxy) is 1. The number of rotatable bonds is 2. The first-order valence-corrected chi connectivity index (χ1v) is 5.90. The summed E-state index contributed by atoms with van der Waals surface area (Å²) in [5, 5.41) is 7.43. The molecule has 2 unspecified atom stereocenters. The van der Waals surface area contributed by atoms with Crippen molar-refractivity contribution in [1.82, 2.24) is 15.5 Å². The fourth-order valence-corrected chi connectivity index (χ4v) is 2.38. The van der Waals surface area contributed by atoms with Gasteiger partial charge in [0.2, 0.25) is 5.89 Å². The fraction of sp³-hybridized carbons (Fsp3) is 0.818. The van der Waals surface area contributed by atoms with Crippen LogP contribution in [-0.4, -0.2) is 36.4 Å². The second-order valence-electron chi connectivity index (χ2n) is 5.01. The van der Waals surface area contributed by atoms with E-state index in [1.807, 2.05) is 0 Å². The summed E-state index contributed by atoms with van der Waals surface area (Å²) in [5.41, 5.74) is 0.0186. The molecule has 2 aliphatic heterocycles. The Morgan fingerprint density at radius 2 is 2.44 bits per heavy atom. The third-order valence-electron chi connectivity index (χ3n) is 3.62. The largest absolute Gasteiger partial charge is 0.381 e. The number of hydrogen-bond donors (Lipinski definition) is 1. The first-order chi connectivity index (χ1) is 7.78. The molecule has 3 rings (SSSR count). The van der Waals surface area contributed by atoms with Crippen LogP contribution in [0.4, 0.5) is 0 Å². The summed E-state index contributed by atoms with van der Waals surface area (Å²) in [5.74, 6) is 1.93. The van der Waals surface area contributed by atoms with Crippen molar-refractivity contribution >= 4 is 0 Å². The van der Waals surface area contributed by atoms with Gasteiger partial charge >= 0.3 is 0 Å². The highest BCUT2D eigenvalue weighted by molar-refractivity contribution is 5.09. The topological polar surface area (TPSA) is 60.2 Å². The second kappa shape index (κ2) is 3.82. The first kappa shape index (κ1) is 10.2. The van der Waals surface area contributed by atoms with Crippen molar-refractivity contribution in [2.24, 2.45) is 0 Å². The molecule has 2 aliphatic rings. The van der Waals surface area contributed by atoms with Crippen LogP contribution in [0.5, 0.6) is 0 Å². The number of nitrogens with one attached hydrogen (secondary N) is 1. The van der Waals surface area contributed by atoms with Crippen molar-refractivity contribution in [3.63, 3.8) is 0 Å². The molecule has 0 bridgehead atoms. The van der Waals surface area contributed by atoms with E-state index in [1.54, 1.807) is 0 Å². The van der Waals surface area contributed by atoms with Gasteiger partial charge < -0.3 is 14.6 Å². The van der Waals surface area contributed by atoms with Crippen LogP contribution in [0.15, 0.2) is 4.52 Å². The van der Waals surface area contributed by atoms with Gasteiger partial charge in [-0.1, -0.05) is 5.16 Å². The van der Waals surface area contributed by atoms with Crippen LogP contribution in [0.2, 0.25) is 0 Å². The highest BCUT2D eigenvalue weighted by Gasteiger charge is 2.37. The lowest BCUT2D eigenvalue weighted by Gasteiger charge is -2.16. The van der Waals surface area contributed by atoms with Gasteiger partial charge in [-0.05, 0) is 26.3 Å². The van der Waals surface area contributed by atoms with E-state index < -0.39 is 0 Å². The zero-order valence-electron chi connectivity index (χ0n) is 9.53. The summed E-state index contributed by atoms with van der Waals surface area (Å²) in [4.78, 5) is 4.55. The van der Waals surface area contributed by atoms with Crippen molar-refractivity contribution in [2.45, 2.75) is 31.1 Å². The van der Waals surface area contributed by atoms with Crippen molar-refractivity contribution in [1.29, 1.82) is 0 Å². The van der Waals surface area contributed by atoms with E-state index in [9.17, 15) is 0 Å². The van der Waals surface area contributed by atoms with E-state index in [0.29, 0.717) is 5.92 Å². The Labute approximate surface area is 94.6 Å². The van der Waals surface area contributed by atoms with E-state index in [4.69, 9.17) is 9.26 Å². The molecular weight excluding hydrogens is 206 g/mol. The molecule has 0 saturated carbocycles. The number of nitrogens with zero attached hydrogens (tertiary/aromatic N) is 2. The van der Waals surface area contributed by atoms with Crippen molar-refractivity contribution in [3.05, 3.63) is 11.7 Å². The summed E-state index contributed by atoms with van der Waals surface area (Å²) in [7, 11) is 0. The lowest BCUT2D eigenvalue weighted by molar-refractivity contribution is 0.192. The highest BCUT2D eigenvalue weighted by Crippen LogP contribution is 2.30. The van der Waals surface area contributed by atoms with Crippen LogP contribution >= 0.6 is 0 Å². The molecule has 0 aromatic carbocycles. The SMILES string of the molecule is CC1(c2nc(C3CCOC3)no2)CCNC1. The van der Waals surface area contributed by atoms with E-state index in [1.165, 1.54) is 0 Å². The van der Waals surface area contributed by atoms with Gasteiger partial charge in [0, 0.05) is 19.1 Å². The van der Waals surface area contributed by atoms with Gasteiger partial charge in [-0.2, -0.15) is 4.98 Å². The lowest BCUT2D eigenvalue weighted by Crippen LogP contribution is -2.25. The Morgan fingerprint density at radius 1 is 1.50 bits per heavy atom. The minimum Gasteiger partial charge on any atom is -0.381 e. The molecular formula is C11H17N3O2. The predicted molar refractivity (Wildman–Crippen MR) is 57.3 cm³/mol. The first-order valence-electron chi connectivity index (χ1n) is 5.90. The summed E-state index contributed by atoms with van der Waals surface area (Å²) in [6.07, 6.45) is 2.07. The van der Waals surface area contributed by atoms with E-state index in [-0.39, 0.29) is 5.41 Å². The summed E-state index contributed by atoms with van der Waals surface area (Å²) in [6.45, 7) is 5.67. The van der Waals surface area contributed by atoms with Gasteiger partial charge in [-0.25, -0.2) is 0 Å². The van der Waals surface area contributed by atoms with Crippen molar-refractivity contribution in [2.75, 3.05) is 26.3 Å². The van der Waals surface area contributed by atoms with E-state index >= 15 is 0 Å². The van der Waals surface area contributed by atoms with Gasteiger partial charge in [0.05, 0.1) is 12.0 Å². The standard InChI is InChI=1S/C11H17N3O2/c1-11(3-4-12-7-11)10-13-9(14-16-10)8-2-5-15-6-8/h8,12H,2-7H2,1H3. The average molecular weight is 223 g/mol. The van der Waals surface area contributed by atoms with Crippen molar-refractivity contribution < 1.29 is 9.26 Å². The molecule has 16 heavy (non-hydrogen) atoms. The molecule has 0 amide bonds. The smallest absolute Gasteiger partial charge is 0.233 e. The van der Waals surface area contributed by atoms with E-state index in [0.717, 1.165) is 50.9 Å². The maximum atomic E-state index is 5.41. The van der Waals surface area contributed by atoms with Crippen LogP contribution < -0.4 is 5.32 Å². The zero-order chi connectivity index (χ0) is 11.0. The molecule has 2 fully saturated rings. The Bertz CT molecular complexity index is 365. The van der Waals surface area contributed by atoms with Gasteiger partial charge in [0.15, 0.2) is 5.82 Å². The third kappa shape index (κ3) is 1.64. The molecule has 1 aromatic heterocycles. The molecule has 2 saturated heterocycles. The van der Waals surface area contributed by atoms with Crippen LogP contribution in [0.3, 0.4) is 0 Å². The molecule has 5 nitrogen and oxygen atoms in total. The second-order valence-corrected chi connectivity index (χ2v) is 5.01. The number of aromatic nitrogens is 2. The molecule has 3 heterocycles. The van der Waals surface area contributed by atoms with Gasteiger partial charge in [-0.15, -0.1) is 0 Å². The highest BCUT2D eigenvalue weighted by atomic mass is 16.5. The quantitative estimate of drug-likeness (QED) is 0.804. The van der Waals surface area contributed by atoms with Crippen LogP contribution in [0.1, 0.15) is 37.4 Å². The Morgan fingerprint density at radius 3 is 3.12 bits per heavy atom. The predicted octanol–water partition coefficient (Wildman–Crippen LogP) is 0.825. The molecule has 0 spiro atoms. The van der Waals surface area contributed by atoms with Crippen molar-refractivity contribution in [3.8, 4) is 0 Å². The van der Waals surface area contributed by atoms with E-state index in [2.05, 4.69) is 22.4 Å². The van der Waals surface area contributed by atoms with Gasteiger partial charge in [-0.3, -0.25) is 0 Å². The summed E-state index contributed by atoms with van der Waals surface area (Å²) >= 11 is 0. The lowest BCUT2D eigenvalue weighted by atomic mass is 9.90. The molecule has 2 atom stereocenters. The number of hydrogen-bond acceptors (Lipinski definition) is 5. The van der Waals surface area contributed by atoms with Crippen LogP contribution in [0, 0.1) is 0 Å². The normalized spacial score (nSPS) is 34.7. The molecule has 0 radical (unpaired) electrons. The Hall–Kier alpha value is -0.940. The Kier molecular flexibility index (Phi) is 2.44. The minimum absolute atomic E-state index is 0.0186. The molecule has 0 aliphatic carbocycles. The Balaban J connectivity index is 1.81. The van der Waals surface area contributed by atoms with Gasteiger partial charge in [0.25, 0.3) is 0 Å². The van der Waals surface area contributed by atoms with Gasteiger partial charge in [0.1, 0.15) is 0 Å². The maximum Gasteiger partial charge on any atom is 0.233 e. The summed E-state index contributed by atoms with van der Waals surface area (Å²) in [6, 6.07) is 0. The molecule has 88 valence electrons. The monoisotopic (exact) mass is 223 g/mol. The van der Waals surface area contributed by atoms with Crippen LogP contribution in [0.25, 0.3) is 0 Å². The molecule has 1 aromatic rings. The van der Waals surface area contributed by atoms with Crippen LogP contribution in [-0.2, 0) is 10.2 Å². The summed E-state index contributed by atoms with van der Waals surface area (Å²) < 4.78 is 10.7. The molecule has 1 N–H and O–H groups in total. The fourth-order valence-electron chi connectivity index (χ4n) is 2.38. The third-order valence-corrected chi connectivity index (χ3v) is 3.62. The minimum atomic E-state index is 0.0186.